The van der Waals surface area contributed by atoms with Crippen molar-refractivity contribution in [2.24, 2.45) is 23.7 Å². The fourth-order valence-electron chi connectivity index (χ4n) is 7.54. The van der Waals surface area contributed by atoms with Gasteiger partial charge in [0, 0.05) is 12.5 Å². The fourth-order valence-corrected chi connectivity index (χ4v) is 8.43. The molecule has 4 amide bonds. The van der Waals surface area contributed by atoms with Gasteiger partial charge in [-0.15, -0.1) is 23.2 Å². The highest BCUT2D eigenvalue weighted by Crippen LogP contribution is 2.64. The van der Waals surface area contributed by atoms with Gasteiger partial charge < -0.3 is 14.6 Å². The fraction of sp³-hybridized carbons (Fsp3) is 0.394. The van der Waals surface area contributed by atoms with Gasteiger partial charge in [0.05, 0.1) is 26.1 Å². The summed E-state index contributed by atoms with van der Waals surface area (Å²) >= 11 is 14.1. The lowest BCUT2D eigenvalue weighted by atomic mass is 9.57. The van der Waals surface area contributed by atoms with Crippen molar-refractivity contribution in [1.29, 1.82) is 0 Å². The monoisotopic (exact) mass is 728 g/mol. The third-order valence-corrected chi connectivity index (χ3v) is 11.2. The molecule has 0 spiro atoms. The summed E-state index contributed by atoms with van der Waals surface area (Å²) in [6.45, 7) is 1.89. The number of methoxy groups -OCH3 is 2. The first-order valence-corrected chi connectivity index (χ1v) is 15.8. The number of aromatic hydroxyl groups is 1. The van der Waals surface area contributed by atoms with Crippen LogP contribution in [0.25, 0.3) is 6.08 Å². The maximum Gasteiger partial charge on any atom is 0.258 e. The average molecular weight is 729 g/mol. The zero-order chi connectivity index (χ0) is 35.9. The molecule has 0 aromatic heterocycles. The molecule has 2 aromatic rings. The van der Waals surface area contributed by atoms with E-state index in [1.54, 1.807) is 13.0 Å². The lowest BCUT2D eigenvalue weighted by Crippen LogP contribution is -2.60. The molecule has 49 heavy (non-hydrogen) atoms. The van der Waals surface area contributed by atoms with Gasteiger partial charge in [-0.2, -0.15) is 0 Å². The number of rotatable bonds is 7. The number of phenols is 1. The molecular weight excluding hydrogens is 702 g/mol. The second-order valence-electron chi connectivity index (χ2n) is 12.2. The van der Waals surface area contributed by atoms with Gasteiger partial charge in [-0.05, 0) is 42.9 Å². The van der Waals surface area contributed by atoms with Crippen LogP contribution in [-0.4, -0.2) is 64.1 Å². The minimum atomic E-state index is -2.64. The Labute approximate surface area is 285 Å². The number of carbonyl (C=O) groups is 4. The third-order valence-electron chi connectivity index (χ3n) is 9.80. The zero-order valence-corrected chi connectivity index (χ0v) is 27.5. The molecule has 1 saturated carbocycles. The summed E-state index contributed by atoms with van der Waals surface area (Å²) in [6.07, 6.45) is 4.24. The maximum absolute atomic E-state index is 15.1. The predicted molar refractivity (Wildman–Crippen MR) is 164 cm³/mol. The normalized spacial score (nSPS) is 29.4. The van der Waals surface area contributed by atoms with Gasteiger partial charge in [0.25, 0.3) is 11.8 Å². The number of alkyl halides is 2. The molecule has 4 aliphatic rings. The summed E-state index contributed by atoms with van der Waals surface area (Å²) in [5.41, 5.74) is -1.24. The number of benzene rings is 2. The van der Waals surface area contributed by atoms with Crippen LogP contribution in [0.15, 0.2) is 29.9 Å². The van der Waals surface area contributed by atoms with Gasteiger partial charge in [-0.3, -0.25) is 24.1 Å². The number of allylic oxidation sites excluding steroid dienone is 3. The Hall–Kier alpha value is -4.17. The predicted octanol–water partition coefficient (Wildman–Crippen LogP) is 5.62. The SMILES string of the molecule is CCCN1C(=O)C2CC=C3C(CC4(Cl)C(=O)N(c5c(F)c(F)c(F)c(F)c5F)C(=O)C4(Cl)C3C=Cc3cc(OC)c(O)c(OC)c3)C2C1=O. The van der Waals surface area contributed by atoms with Crippen LogP contribution >= 0.6 is 23.2 Å². The van der Waals surface area contributed by atoms with Gasteiger partial charge in [-0.1, -0.05) is 30.7 Å². The van der Waals surface area contributed by atoms with E-state index in [1.165, 1.54) is 38.5 Å². The number of hydrogen-bond donors (Lipinski definition) is 1. The number of phenolic OH excluding ortho intramolecular Hbond substituents is 1. The van der Waals surface area contributed by atoms with Crippen LogP contribution < -0.4 is 14.4 Å². The van der Waals surface area contributed by atoms with Crippen molar-refractivity contribution in [3.8, 4) is 17.2 Å². The lowest BCUT2D eigenvalue weighted by Gasteiger charge is -2.49. The van der Waals surface area contributed by atoms with Crippen molar-refractivity contribution in [2.75, 3.05) is 25.7 Å². The van der Waals surface area contributed by atoms with E-state index in [0.29, 0.717) is 17.6 Å². The van der Waals surface area contributed by atoms with Crippen LogP contribution in [0, 0.1) is 52.8 Å². The number of imide groups is 2. The highest BCUT2D eigenvalue weighted by molar-refractivity contribution is 6.58. The van der Waals surface area contributed by atoms with Crippen LogP contribution in [0.4, 0.5) is 27.6 Å². The number of likely N-dealkylation sites (tertiary alicyclic amines) is 1. The Balaban J connectivity index is 1.56. The van der Waals surface area contributed by atoms with E-state index >= 15 is 8.78 Å². The molecule has 0 radical (unpaired) electrons. The lowest BCUT2D eigenvalue weighted by molar-refractivity contribution is -0.140. The molecule has 2 heterocycles. The number of carbonyl (C=O) groups excluding carboxylic acids is 4. The van der Waals surface area contributed by atoms with Crippen molar-refractivity contribution in [3.05, 3.63) is 64.5 Å². The Morgan fingerprint density at radius 1 is 0.898 bits per heavy atom. The summed E-state index contributed by atoms with van der Waals surface area (Å²) in [7, 11) is 2.57. The van der Waals surface area contributed by atoms with E-state index in [1.807, 2.05) is 0 Å². The third kappa shape index (κ3) is 4.62. The second-order valence-corrected chi connectivity index (χ2v) is 13.4. The number of amides is 4. The first kappa shape index (κ1) is 34.7. The smallest absolute Gasteiger partial charge is 0.258 e. The standard InChI is InChI=1S/C33H27Cl2F5N2O7/c1-4-9-41-28(44)15-7-6-14-16(20(15)29(41)45)12-32(34)30(46)42(26-24(39)22(37)21(36)23(38)25(26)40)31(47)33(32,35)17(14)8-5-13-10-18(48-2)27(43)19(11-13)49-3/h5-6,8,10-11,15-17,20,43H,4,7,9,12H2,1-3H3. The Morgan fingerprint density at radius 2 is 1.47 bits per heavy atom. The number of anilines is 1. The Bertz CT molecular complexity index is 1850. The number of nitrogens with zero attached hydrogens (tertiary/aromatic N) is 2. The van der Waals surface area contributed by atoms with Crippen LogP contribution in [0.3, 0.4) is 0 Å². The van der Waals surface area contributed by atoms with Crippen molar-refractivity contribution in [3.63, 3.8) is 0 Å². The van der Waals surface area contributed by atoms with Crippen LogP contribution in [0.5, 0.6) is 17.2 Å². The summed E-state index contributed by atoms with van der Waals surface area (Å²) in [4.78, 5) is 51.0. The van der Waals surface area contributed by atoms with Gasteiger partial charge in [0.1, 0.15) is 5.69 Å². The van der Waals surface area contributed by atoms with Crippen LogP contribution in [0.1, 0.15) is 31.7 Å². The molecule has 2 aromatic carbocycles. The van der Waals surface area contributed by atoms with Crippen LogP contribution in [0.2, 0.25) is 0 Å². The number of hydrogen-bond acceptors (Lipinski definition) is 7. The van der Waals surface area contributed by atoms with Crippen molar-refractivity contribution in [2.45, 2.75) is 35.9 Å². The zero-order valence-electron chi connectivity index (χ0n) is 26.0. The first-order valence-electron chi connectivity index (χ1n) is 15.1. The highest BCUT2D eigenvalue weighted by Gasteiger charge is 2.76. The maximum atomic E-state index is 15.1. The van der Waals surface area contributed by atoms with E-state index < -0.39 is 98.2 Å². The minimum Gasteiger partial charge on any atom is -0.502 e. The number of fused-ring (bicyclic) bond motifs is 4. The number of halogens is 7. The molecule has 6 atom stereocenters. The van der Waals surface area contributed by atoms with E-state index in [9.17, 15) is 37.5 Å². The molecule has 2 saturated heterocycles. The molecule has 2 aliphatic carbocycles. The topological polar surface area (TPSA) is 113 Å². The van der Waals surface area contributed by atoms with E-state index in [2.05, 4.69) is 0 Å². The summed E-state index contributed by atoms with van der Waals surface area (Å²) in [5.74, 6) is -21.1. The van der Waals surface area contributed by atoms with Gasteiger partial charge in [0.15, 0.2) is 44.5 Å². The minimum absolute atomic E-state index is 0.0109. The summed E-state index contributed by atoms with van der Waals surface area (Å²) in [6, 6.07) is 2.78. The molecule has 2 aliphatic heterocycles. The summed E-state index contributed by atoms with van der Waals surface area (Å²) < 4.78 is 83.4. The number of ether oxygens (including phenoxy) is 2. The van der Waals surface area contributed by atoms with Gasteiger partial charge >= 0.3 is 0 Å². The average Bonchev–Trinajstić information content (AvgIpc) is 3.41. The first-order chi connectivity index (χ1) is 23.1. The molecule has 0 bridgehead atoms. The highest BCUT2D eigenvalue weighted by atomic mass is 35.5. The second kappa shape index (κ2) is 12.0. The van der Waals surface area contributed by atoms with E-state index in [0.717, 1.165) is 4.90 Å². The molecular formula is C33H27Cl2F5N2O7. The summed E-state index contributed by atoms with van der Waals surface area (Å²) in [5, 5.41) is 10.4. The van der Waals surface area contributed by atoms with Gasteiger partial charge in [-0.25, -0.2) is 26.9 Å². The van der Waals surface area contributed by atoms with Crippen molar-refractivity contribution >= 4 is 58.6 Å². The van der Waals surface area contributed by atoms with Crippen LogP contribution in [-0.2, 0) is 19.2 Å². The van der Waals surface area contributed by atoms with E-state index in [-0.39, 0.29) is 35.1 Å². The van der Waals surface area contributed by atoms with Crippen molar-refractivity contribution in [1.82, 2.24) is 4.90 Å². The largest absolute Gasteiger partial charge is 0.502 e. The van der Waals surface area contributed by atoms with E-state index in [4.69, 9.17) is 32.7 Å². The quantitative estimate of drug-likeness (QED) is 0.0983. The van der Waals surface area contributed by atoms with Crippen molar-refractivity contribution < 1.29 is 55.7 Å². The molecule has 9 nitrogen and oxygen atoms in total. The molecule has 6 rings (SSSR count). The Morgan fingerprint density at radius 3 is 2.02 bits per heavy atom. The molecule has 1 N–H and O–H groups in total. The van der Waals surface area contributed by atoms with Gasteiger partial charge in [0.2, 0.25) is 23.4 Å². The molecule has 16 heteroatoms. The Kier molecular flexibility index (Phi) is 8.50. The molecule has 3 fully saturated rings. The molecule has 260 valence electrons. The molecule has 6 unspecified atom stereocenters.